The summed E-state index contributed by atoms with van der Waals surface area (Å²) in [6, 6.07) is 7.95. The van der Waals surface area contributed by atoms with Crippen molar-refractivity contribution in [3.05, 3.63) is 35.4 Å². The summed E-state index contributed by atoms with van der Waals surface area (Å²) in [5, 5.41) is 2.95. The normalized spacial score (nSPS) is 21.5. The number of nitrogens with zero attached hydrogens (tertiary/aromatic N) is 2. The quantitative estimate of drug-likeness (QED) is 0.777. The molecule has 1 saturated heterocycles. The van der Waals surface area contributed by atoms with Crippen LogP contribution in [0.3, 0.4) is 0 Å². The summed E-state index contributed by atoms with van der Waals surface area (Å²) < 4.78 is 26.1. The van der Waals surface area contributed by atoms with Gasteiger partial charge >= 0.3 is 0 Å². The molecule has 1 unspecified atom stereocenters. The van der Waals surface area contributed by atoms with E-state index < -0.39 is 16.1 Å². The van der Waals surface area contributed by atoms with Gasteiger partial charge < -0.3 is 5.32 Å². The Labute approximate surface area is 156 Å². The first-order valence-electron chi connectivity index (χ1n) is 9.57. The third kappa shape index (κ3) is 4.45. The molecule has 1 amide bonds. The number of fused-ring (bicyclic) bond motifs is 1. The van der Waals surface area contributed by atoms with Crippen LogP contribution in [0.1, 0.15) is 37.3 Å². The SMILES string of the molecule is CCCS(=O)(=O)N1CCCC1C(=O)NCCN1CCc2ccccc2C1. The molecule has 2 aliphatic rings. The van der Waals surface area contributed by atoms with Crippen molar-refractivity contribution < 1.29 is 13.2 Å². The van der Waals surface area contributed by atoms with Gasteiger partial charge in [0.05, 0.1) is 5.75 Å². The molecular weight excluding hydrogens is 350 g/mol. The van der Waals surface area contributed by atoms with Gasteiger partial charge in [-0.1, -0.05) is 31.2 Å². The van der Waals surface area contributed by atoms with Crippen LogP contribution in [0.25, 0.3) is 0 Å². The molecule has 1 aromatic carbocycles. The van der Waals surface area contributed by atoms with E-state index in [2.05, 4.69) is 34.5 Å². The molecule has 1 aromatic rings. The Balaban J connectivity index is 1.48. The number of carbonyl (C=O) groups is 1. The number of benzene rings is 1. The van der Waals surface area contributed by atoms with Crippen LogP contribution < -0.4 is 5.32 Å². The first kappa shape index (κ1) is 19.3. The second-order valence-electron chi connectivity index (χ2n) is 7.17. The number of sulfonamides is 1. The molecule has 0 aromatic heterocycles. The van der Waals surface area contributed by atoms with Crippen molar-refractivity contribution in [1.82, 2.24) is 14.5 Å². The fraction of sp³-hybridized carbons (Fsp3) is 0.632. The highest BCUT2D eigenvalue weighted by Gasteiger charge is 2.37. The third-order valence-corrected chi connectivity index (χ3v) is 7.34. The Kier molecular flexibility index (Phi) is 6.32. The number of nitrogens with one attached hydrogen (secondary N) is 1. The maximum Gasteiger partial charge on any atom is 0.238 e. The Bertz CT molecular complexity index is 735. The maximum atomic E-state index is 12.5. The lowest BCUT2D eigenvalue weighted by molar-refractivity contribution is -0.124. The van der Waals surface area contributed by atoms with Gasteiger partial charge in [0, 0.05) is 32.7 Å². The predicted molar refractivity (Wildman–Crippen MR) is 102 cm³/mol. The van der Waals surface area contributed by atoms with Crippen LogP contribution in [0.4, 0.5) is 0 Å². The lowest BCUT2D eigenvalue weighted by atomic mass is 10.00. The van der Waals surface area contributed by atoms with Gasteiger partial charge in [-0.15, -0.1) is 0 Å². The second-order valence-corrected chi connectivity index (χ2v) is 9.21. The molecule has 0 spiro atoms. The standard InChI is InChI=1S/C19H29N3O3S/c1-2-14-26(24,25)22-11-5-8-18(22)19(23)20-10-13-21-12-9-16-6-3-4-7-17(16)15-21/h3-4,6-7,18H,2,5,8-15H2,1H3,(H,20,23). The zero-order valence-corrected chi connectivity index (χ0v) is 16.3. The summed E-state index contributed by atoms with van der Waals surface area (Å²) in [5.74, 6) is -0.0381. The van der Waals surface area contributed by atoms with E-state index in [0.29, 0.717) is 25.9 Å². The molecule has 1 N–H and O–H groups in total. The van der Waals surface area contributed by atoms with Gasteiger partial charge in [-0.3, -0.25) is 9.69 Å². The van der Waals surface area contributed by atoms with E-state index in [4.69, 9.17) is 0 Å². The van der Waals surface area contributed by atoms with E-state index >= 15 is 0 Å². The summed E-state index contributed by atoms with van der Waals surface area (Å²) in [7, 11) is -3.32. The van der Waals surface area contributed by atoms with Gasteiger partial charge in [0.1, 0.15) is 6.04 Å². The van der Waals surface area contributed by atoms with E-state index in [-0.39, 0.29) is 11.7 Å². The van der Waals surface area contributed by atoms with Crippen LogP contribution >= 0.6 is 0 Å². The molecule has 0 aliphatic carbocycles. The zero-order chi connectivity index (χ0) is 18.6. The van der Waals surface area contributed by atoms with E-state index in [1.54, 1.807) is 0 Å². The van der Waals surface area contributed by atoms with Gasteiger partial charge in [0.15, 0.2) is 0 Å². The topological polar surface area (TPSA) is 69.7 Å². The average Bonchev–Trinajstić information content (AvgIpc) is 3.12. The van der Waals surface area contributed by atoms with Crippen molar-refractivity contribution in [3.8, 4) is 0 Å². The van der Waals surface area contributed by atoms with Crippen molar-refractivity contribution in [2.75, 3.05) is 31.9 Å². The summed E-state index contributed by atoms with van der Waals surface area (Å²) in [5.41, 5.74) is 2.77. The lowest BCUT2D eigenvalue weighted by Crippen LogP contribution is -2.48. The molecule has 26 heavy (non-hydrogen) atoms. The number of carbonyl (C=O) groups excluding carboxylic acids is 1. The van der Waals surface area contributed by atoms with E-state index in [0.717, 1.165) is 32.5 Å². The first-order chi connectivity index (χ1) is 12.5. The maximum absolute atomic E-state index is 12.5. The molecule has 0 bridgehead atoms. The summed E-state index contributed by atoms with van der Waals surface area (Å²) in [4.78, 5) is 14.8. The second kappa shape index (κ2) is 8.50. The van der Waals surface area contributed by atoms with Gasteiger partial charge in [0.2, 0.25) is 15.9 Å². The van der Waals surface area contributed by atoms with Crippen LogP contribution in [0.15, 0.2) is 24.3 Å². The minimum Gasteiger partial charge on any atom is -0.353 e. The minimum atomic E-state index is -3.32. The van der Waals surface area contributed by atoms with Crippen LogP contribution in [-0.4, -0.2) is 61.5 Å². The van der Waals surface area contributed by atoms with Crippen molar-refractivity contribution in [2.24, 2.45) is 0 Å². The molecule has 6 nitrogen and oxygen atoms in total. The van der Waals surface area contributed by atoms with E-state index in [1.807, 2.05) is 6.92 Å². The van der Waals surface area contributed by atoms with Crippen molar-refractivity contribution in [3.63, 3.8) is 0 Å². The lowest BCUT2D eigenvalue weighted by Gasteiger charge is -2.29. The number of rotatable bonds is 7. The summed E-state index contributed by atoms with van der Waals surface area (Å²) in [6.45, 7) is 5.55. The Hall–Kier alpha value is -1.44. The number of hydrogen-bond acceptors (Lipinski definition) is 4. The predicted octanol–water partition coefficient (Wildman–Crippen LogP) is 1.37. The molecular formula is C19H29N3O3S. The molecule has 0 saturated carbocycles. The first-order valence-corrected chi connectivity index (χ1v) is 11.2. The van der Waals surface area contributed by atoms with Crippen LogP contribution in [0.2, 0.25) is 0 Å². The molecule has 2 aliphatic heterocycles. The number of amides is 1. The van der Waals surface area contributed by atoms with E-state index in [1.165, 1.54) is 15.4 Å². The molecule has 1 fully saturated rings. The van der Waals surface area contributed by atoms with Crippen molar-refractivity contribution >= 4 is 15.9 Å². The van der Waals surface area contributed by atoms with Gasteiger partial charge in [-0.2, -0.15) is 4.31 Å². The van der Waals surface area contributed by atoms with Gasteiger partial charge in [-0.05, 0) is 36.8 Å². The Morgan fingerprint density at radius 1 is 1.23 bits per heavy atom. The van der Waals surface area contributed by atoms with Crippen molar-refractivity contribution in [1.29, 1.82) is 0 Å². The molecule has 0 radical (unpaired) electrons. The molecule has 144 valence electrons. The molecule has 3 rings (SSSR count). The van der Waals surface area contributed by atoms with Crippen molar-refractivity contribution in [2.45, 2.75) is 45.2 Å². The Morgan fingerprint density at radius 2 is 2.00 bits per heavy atom. The smallest absolute Gasteiger partial charge is 0.238 e. The highest BCUT2D eigenvalue weighted by atomic mass is 32.2. The molecule has 1 atom stereocenters. The highest BCUT2D eigenvalue weighted by molar-refractivity contribution is 7.89. The molecule has 2 heterocycles. The van der Waals surface area contributed by atoms with Gasteiger partial charge in [0.25, 0.3) is 0 Å². The van der Waals surface area contributed by atoms with Crippen LogP contribution in [-0.2, 0) is 27.8 Å². The van der Waals surface area contributed by atoms with Crippen LogP contribution in [0, 0.1) is 0 Å². The van der Waals surface area contributed by atoms with E-state index in [9.17, 15) is 13.2 Å². The number of hydrogen-bond donors (Lipinski definition) is 1. The highest BCUT2D eigenvalue weighted by Crippen LogP contribution is 2.22. The zero-order valence-electron chi connectivity index (χ0n) is 15.5. The summed E-state index contributed by atoms with van der Waals surface area (Å²) >= 11 is 0. The summed E-state index contributed by atoms with van der Waals surface area (Å²) in [6.07, 6.45) is 2.98. The monoisotopic (exact) mass is 379 g/mol. The fourth-order valence-electron chi connectivity index (χ4n) is 3.91. The third-order valence-electron chi connectivity index (χ3n) is 5.26. The van der Waals surface area contributed by atoms with Crippen LogP contribution in [0.5, 0.6) is 0 Å². The fourth-order valence-corrected chi connectivity index (χ4v) is 5.66. The average molecular weight is 380 g/mol. The van der Waals surface area contributed by atoms with Gasteiger partial charge in [-0.25, -0.2) is 8.42 Å². The minimum absolute atomic E-state index is 0.115. The molecule has 7 heteroatoms. The Morgan fingerprint density at radius 3 is 2.77 bits per heavy atom. The largest absolute Gasteiger partial charge is 0.353 e.